The van der Waals surface area contributed by atoms with Gasteiger partial charge in [0, 0.05) is 10.2 Å². The van der Waals surface area contributed by atoms with Crippen molar-refractivity contribution >= 4 is 33.4 Å². The quantitative estimate of drug-likeness (QED) is 0.907. The maximum Gasteiger partial charge on any atom is 0.356 e. The summed E-state index contributed by atoms with van der Waals surface area (Å²) >= 11 is 3.44. The average Bonchev–Trinajstić information content (AvgIpc) is 2.34. The minimum absolute atomic E-state index is 0.0743. The molecule has 1 aromatic carbocycles. The van der Waals surface area contributed by atoms with Gasteiger partial charge >= 0.3 is 5.97 Å². The molecule has 1 heterocycles. The normalized spacial score (nSPS) is 10.3. The van der Waals surface area contributed by atoms with Crippen LogP contribution in [0.3, 0.4) is 0 Å². The maximum atomic E-state index is 10.7. The lowest BCUT2D eigenvalue weighted by Gasteiger charge is -2.12. The Morgan fingerprint density at radius 1 is 1.21 bits per heavy atom. The molecule has 6 heteroatoms. The molecule has 2 N–H and O–H groups in total. The summed E-state index contributed by atoms with van der Waals surface area (Å²) in [7, 11) is 0. The van der Waals surface area contributed by atoms with Gasteiger partial charge in [-0.1, -0.05) is 15.9 Å². The number of hydrogen-bond acceptors (Lipinski definition) is 4. The predicted molar refractivity (Wildman–Crippen MR) is 75.9 cm³/mol. The number of aryl methyl sites for hydroxylation is 2. The van der Waals surface area contributed by atoms with E-state index in [0.29, 0.717) is 5.82 Å². The highest BCUT2D eigenvalue weighted by atomic mass is 79.9. The van der Waals surface area contributed by atoms with Crippen molar-refractivity contribution in [2.45, 2.75) is 13.8 Å². The van der Waals surface area contributed by atoms with Crippen molar-refractivity contribution in [3.8, 4) is 0 Å². The topological polar surface area (TPSA) is 75.1 Å². The van der Waals surface area contributed by atoms with E-state index in [1.54, 1.807) is 6.07 Å². The Kier molecular flexibility index (Phi) is 3.80. The molecule has 0 saturated heterocycles. The molecule has 0 aliphatic carbocycles. The minimum Gasteiger partial charge on any atom is -0.476 e. The maximum absolute atomic E-state index is 10.7. The largest absolute Gasteiger partial charge is 0.476 e. The highest BCUT2D eigenvalue weighted by Crippen LogP contribution is 2.27. The van der Waals surface area contributed by atoms with Crippen LogP contribution in [0.15, 0.2) is 28.7 Å². The van der Waals surface area contributed by atoms with Gasteiger partial charge in [-0.3, -0.25) is 0 Å². The number of carboxylic acid groups (broad SMARTS) is 1. The number of benzene rings is 1. The van der Waals surface area contributed by atoms with Crippen LogP contribution in [0.2, 0.25) is 0 Å². The third-order valence-electron chi connectivity index (χ3n) is 2.63. The van der Waals surface area contributed by atoms with Crippen molar-refractivity contribution in [3.05, 3.63) is 45.6 Å². The molecule has 19 heavy (non-hydrogen) atoms. The van der Waals surface area contributed by atoms with Gasteiger partial charge in [0.15, 0.2) is 11.5 Å². The molecule has 0 radical (unpaired) electrons. The summed E-state index contributed by atoms with van der Waals surface area (Å²) in [4.78, 5) is 10.7. The number of nitrogens with zero attached hydrogens (tertiary/aromatic N) is 2. The summed E-state index contributed by atoms with van der Waals surface area (Å²) in [6.45, 7) is 3.97. The molecule has 0 saturated carbocycles. The van der Waals surface area contributed by atoms with Gasteiger partial charge in [-0.25, -0.2) is 4.79 Å². The molecular formula is C13H12BrN3O2. The van der Waals surface area contributed by atoms with Gasteiger partial charge in [0.1, 0.15) is 0 Å². The van der Waals surface area contributed by atoms with E-state index in [9.17, 15) is 4.79 Å². The van der Waals surface area contributed by atoms with Crippen LogP contribution >= 0.6 is 15.9 Å². The number of aromatic nitrogens is 2. The molecule has 0 atom stereocenters. The Balaban J connectivity index is 2.29. The Morgan fingerprint density at radius 3 is 2.32 bits per heavy atom. The van der Waals surface area contributed by atoms with Crippen molar-refractivity contribution in [3.63, 3.8) is 0 Å². The van der Waals surface area contributed by atoms with Crippen LogP contribution in [-0.4, -0.2) is 21.3 Å². The van der Waals surface area contributed by atoms with Gasteiger partial charge in [0.25, 0.3) is 0 Å². The van der Waals surface area contributed by atoms with Gasteiger partial charge in [-0.05, 0) is 49.2 Å². The summed E-state index contributed by atoms with van der Waals surface area (Å²) < 4.78 is 1.01. The standard InChI is InChI=1S/C13H12BrN3O2/c1-7-5-9(14)6-8(2)12(7)15-11-4-3-10(13(18)19)16-17-11/h3-6H,1-2H3,(H,15,17)(H,18,19). The van der Waals surface area contributed by atoms with E-state index in [2.05, 4.69) is 31.4 Å². The fourth-order valence-electron chi connectivity index (χ4n) is 1.75. The molecule has 0 unspecified atom stereocenters. The fourth-order valence-corrected chi connectivity index (χ4v) is 2.44. The minimum atomic E-state index is -1.09. The zero-order valence-electron chi connectivity index (χ0n) is 10.4. The van der Waals surface area contributed by atoms with E-state index in [1.165, 1.54) is 6.07 Å². The van der Waals surface area contributed by atoms with Crippen molar-refractivity contribution in [1.82, 2.24) is 10.2 Å². The summed E-state index contributed by atoms with van der Waals surface area (Å²) in [6, 6.07) is 7.00. The lowest BCUT2D eigenvalue weighted by atomic mass is 10.1. The molecule has 0 spiro atoms. The van der Waals surface area contributed by atoms with Crippen LogP contribution in [-0.2, 0) is 0 Å². The Bertz CT molecular complexity index is 603. The molecule has 0 bridgehead atoms. The predicted octanol–water partition coefficient (Wildman–Crippen LogP) is 3.30. The Morgan fingerprint density at radius 2 is 1.84 bits per heavy atom. The zero-order valence-corrected chi connectivity index (χ0v) is 12.0. The number of hydrogen-bond donors (Lipinski definition) is 2. The van der Waals surface area contributed by atoms with Gasteiger partial charge in [-0.15, -0.1) is 10.2 Å². The molecule has 0 aliphatic rings. The van der Waals surface area contributed by atoms with Crippen LogP contribution < -0.4 is 5.32 Å². The first-order valence-electron chi connectivity index (χ1n) is 5.58. The second-order valence-electron chi connectivity index (χ2n) is 4.15. The zero-order chi connectivity index (χ0) is 14.0. The highest BCUT2D eigenvalue weighted by molar-refractivity contribution is 9.10. The summed E-state index contributed by atoms with van der Waals surface area (Å²) in [5.74, 6) is -0.575. The number of carboxylic acids is 1. The van der Waals surface area contributed by atoms with Gasteiger partial charge in [0.2, 0.25) is 0 Å². The van der Waals surface area contributed by atoms with Crippen LogP contribution in [0, 0.1) is 13.8 Å². The van der Waals surface area contributed by atoms with Crippen LogP contribution in [0.4, 0.5) is 11.5 Å². The smallest absolute Gasteiger partial charge is 0.356 e. The van der Waals surface area contributed by atoms with Crippen molar-refractivity contribution in [1.29, 1.82) is 0 Å². The fraction of sp³-hybridized carbons (Fsp3) is 0.154. The molecule has 5 nitrogen and oxygen atoms in total. The Labute approximate surface area is 118 Å². The average molecular weight is 322 g/mol. The number of rotatable bonds is 3. The lowest BCUT2D eigenvalue weighted by molar-refractivity contribution is 0.0689. The van der Waals surface area contributed by atoms with E-state index < -0.39 is 5.97 Å². The summed E-state index contributed by atoms with van der Waals surface area (Å²) in [5, 5.41) is 19.4. The second kappa shape index (κ2) is 5.36. The molecule has 1 aromatic heterocycles. The van der Waals surface area contributed by atoms with Crippen molar-refractivity contribution in [2.75, 3.05) is 5.32 Å². The number of halogens is 1. The second-order valence-corrected chi connectivity index (χ2v) is 5.06. The molecule has 0 aliphatic heterocycles. The first kappa shape index (κ1) is 13.5. The first-order valence-corrected chi connectivity index (χ1v) is 6.37. The third kappa shape index (κ3) is 3.08. The molecule has 0 amide bonds. The number of aromatic carboxylic acids is 1. The first-order chi connectivity index (χ1) is 8.97. The monoisotopic (exact) mass is 321 g/mol. The van der Waals surface area contributed by atoms with E-state index in [1.807, 2.05) is 26.0 Å². The van der Waals surface area contributed by atoms with Crippen molar-refractivity contribution < 1.29 is 9.90 Å². The lowest BCUT2D eigenvalue weighted by Crippen LogP contribution is -2.04. The number of carbonyl (C=O) groups is 1. The van der Waals surface area contributed by atoms with Crippen molar-refractivity contribution in [2.24, 2.45) is 0 Å². The van der Waals surface area contributed by atoms with Gasteiger partial charge < -0.3 is 10.4 Å². The summed E-state index contributed by atoms with van der Waals surface area (Å²) in [5.41, 5.74) is 3.00. The van der Waals surface area contributed by atoms with E-state index in [-0.39, 0.29) is 5.69 Å². The van der Waals surface area contributed by atoms with Crippen LogP contribution in [0.25, 0.3) is 0 Å². The molecule has 2 aromatic rings. The number of anilines is 2. The number of nitrogens with one attached hydrogen (secondary N) is 1. The molecular weight excluding hydrogens is 310 g/mol. The van der Waals surface area contributed by atoms with Crippen LogP contribution in [0.5, 0.6) is 0 Å². The summed E-state index contributed by atoms with van der Waals surface area (Å²) in [6.07, 6.45) is 0. The van der Waals surface area contributed by atoms with E-state index >= 15 is 0 Å². The third-order valence-corrected chi connectivity index (χ3v) is 3.09. The van der Waals surface area contributed by atoms with Gasteiger partial charge in [-0.2, -0.15) is 0 Å². The molecule has 0 fully saturated rings. The Hall–Kier alpha value is -1.95. The molecule has 2 rings (SSSR count). The SMILES string of the molecule is Cc1cc(Br)cc(C)c1Nc1ccc(C(=O)O)nn1. The van der Waals surface area contributed by atoms with Crippen LogP contribution in [0.1, 0.15) is 21.6 Å². The van der Waals surface area contributed by atoms with E-state index in [4.69, 9.17) is 5.11 Å². The molecule has 98 valence electrons. The van der Waals surface area contributed by atoms with E-state index in [0.717, 1.165) is 21.3 Å². The highest BCUT2D eigenvalue weighted by Gasteiger charge is 2.08. The van der Waals surface area contributed by atoms with Gasteiger partial charge in [0.05, 0.1) is 0 Å².